The van der Waals surface area contributed by atoms with Crippen molar-refractivity contribution in [3.63, 3.8) is 0 Å². The van der Waals surface area contributed by atoms with Gasteiger partial charge in [0.1, 0.15) is 6.26 Å². The van der Waals surface area contributed by atoms with Gasteiger partial charge < -0.3 is 14.6 Å². The monoisotopic (exact) mass is 236 g/mol. The molecule has 4 nitrogen and oxygen atoms in total. The maximum atomic E-state index is 11.6. The van der Waals surface area contributed by atoms with Crippen molar-refractivity contribution in [2.24, 2.45) is 5.92 Å². The number of piperidine rings is 1. The van der Waals surface area contributed by atoms with Crippen molar-refractivity contribution in [2.45, 2.75) is 19.8 Å². The lowest BCUT2D eigenvalue weighted by atomic mass is 10.0. The summed E-state index contributed by atoms with van der Waals surface area (Å²) in [6.07, 6.45) is 5.59. The fourth-order valence-electron chi connectivity index (χ4n) is 2.31. The Bertz CT molecular complexity index is 348. The second kappa shape index (κ2) is 5.87. The summed E-state index contributed by atoms with van der Waals surface area (Å²) >= 11 is 0. The van der Waals surface area contributed by atoms with Crippen molar-refractivity contribution in [2.75, 3.05) is 26.2 Å². The molecule has 17 heavy (non-hydrogen) atoms. The minimum Gasteiger partial charge on any atom is -0.472 e. The first kappa shape index (κ1) is 12.2. The molecule has 2 rings (SSSR count). The molecule has 1 aliphatic rings. The van der Waals surface area contributed by atoms with Crippen molar-refractivity contribution in [1.29, 1.82) is 0 Å². The number of hydrogen-bond acceptors (Lipinski definition) is 3. The topological polar surface area (TPSA) is 45.5 Å². The molecule has 1 aromatic rings. The van der Waals surface area contributed by atoms with Crippen molar-refractivity contribution < 1.29 is 9.21 Å². The zero-order chi connectivity index (χ0) is 12.1. The van der Waals surface area contributed by atoms with E-state index in [1.165, 1.54) is 25.4 Å². The van der Waals surface area contributed by atoms with Crippen LogP contribution in [0.15, 0.2) is 23.0 Å². The summed E-state index contributed by atoms with van der Waals surface area (Å²) < 4.78 is 4.87. The average molecular weight is 236 g/mol. The molecule has 2 heterocycles. The molecule has 0 unspecified atom stereocenters. The smallest absolute Gasteiger partial charge is 0.254 e. The van der Waals surface area contributed by atoms with Crippen LogP contribution in [-0.4, -0.2) is 37.0 Å². The minimum absolute atomic E-state index is 0.0520. The Morgan fingerprint density at radius 1 is 1.65 bits per heavy atom. The number of furan rings is 1. The highest BCUT2D eigenvalue weighted by atomic mass is 16.3. The van der Waals surface area contributed by atoms with E-state index in [1.54, 1.807) is 6.07 Å². The Morgan fingerprint density at radius 2 is 2.53 bits per heavy atom. The molecule has 0 radical (unpaired) electrons. The van der Waals surface area contributed by atoms with Crippen LogP contribution in [0.25, 0.3) is 0 Å². The van der Waals surface area contributed by atoms with E-state index >= 15 is 0 Å². The van der Waals surface area contributed by atoms with Crippen LogP contribution in [0.3, 0.4) is 0 Å². The quantitative estimate of drug-likeness (QED) is 0.866. The van der Waals surface area contributed by atoms with Gasteiger partial charge in [-0.1, -0.05) is 6.92 Å². The summed E-state index contributed by atoms with van der Waals surface area (Å²) in [7, 11) is 0. The molecule has 1 aromatic heterocycles. The van der Waals surface area contributed by atoms with Crippen LogP contribution in [-0.2, 0) is 0 Å². The van der Waals surface area contributed by atoms with E-state index in [-0.39, 0.29) is 5.91 Å². The van der Waals surface area contributed by atoms with E-state index in [1.807, 2.05) is 0 Å². The lowest BCUT2D eigenvalue weighted by Gasteiger charge is -2.30. The molecule has 1 atom stereocenters. The fraction of sp³-hybridized carbons (Fsp3) is 0.615. The predicted molar refractivity (Wildman–Crippen MR) is 65.9 cm³/mol. The summed E-state index contributed by atoms with van der Waals surface area (Å²) in [6, 6.07) is 1.68. The Hall–Kier alpha value is -1.29. The first-order valence-electron chi connectivity index (χ1n) is 6.28. The van der Waals surface area contributed by atoms with Crippen molar-refractivity contribution in [3.8, 4) is 0 Å². The molecule has 1 saturated heterocycles. The summed E-state index contributed by atoms with van der Waals surface area (Å²) in [4.78, 5) is 14.0. The molecule has 1 aliphatic heterocycles. The van der Waals surface area contributed by atoms with Gasteiger partial charge in [-0.25, -0.2) is 0 Å². The average Bonchev–Trinajstić information content (AvgIpc) is 2.82. The lowest BCUT2D eigenvalue weighted by Crippen LogP contribution is -2.40. The number of carbonyl (C=O) groups is 1. The van der Waals surface area contributed by atoms with Crippen LogP contribution in [0.4, 0.5) is 0 Å². The molecular weight excluding hydrogens is 216 g/mol. The minimum atomic E-state index is -0.0520. The molecule has 0 bridgehead atoms. The van der Waals surface area contributed by atoms with Gasteiger partial charge in [0.05, 0.1) is 11.8 Å². The zero-order valence-corrected chi connectivity index (χ0v) is 10.3. The van der Waals surface area contributed by atoms with E-state index in [2.05, 4.69) is 17.1 Å². The number of amides is 1. The van der Waals surface area contributed by atoms with Crippen LogP contribution in [0.2, 0.25) is 0 Å². The highest BCUT2D eigenvalue weighted by molar-refractivity contribution is 5.93. The molecule has 1 N–H and O–H groups in total. The van der Waals surface area contributed by atoms with Gasteiger partial charge in [0.15, 0.2) is 0 Å². The lowest BCUT2D eigenvalue weighted by molar-refractivity contribution is 0.0943. The van der Waals surface area contributed by atoms with Gasteiger partial charge in [0.2, 0.25) is 0 Å². The van der Waals surface area contributed by atoms with Crippen LogP contribution in [0, 0.1) is 5.92 Å². The summed E-state index contributed by atoms with van der Waals surface area (Å²) in [6.45, 7) is 6.24. The fourth-order valence-corrected chi connectivity index (χ4v) is 2.31. The van der Waals surface area contributed by atoms with E-state index < -0.39 is 0 Å². The van der Waals surface area contributed by atoms with Crippen LogP contribution >= 0.6 is 0 Å². The highest BCUT2D eigenvalue weighted by Crippen LogP contribution is 2.14. The van der Waals surface area contributed by atoms with E-state index in [4.69, 9.17) is 4.42 Å². The Morgan fingerprint density at radius 3 is 3.24 bits per heavy atom. The third-order valence-electron chi connectivity index (χ3n) is 3.24. The second-order valence-electron chi connectivity index (χ2n) is 4.82. The molecule has 0 aliphatic carbocycles. The Kier molecular flexibility index (Phi) is 4.20. The second-order valence-corrected chi connectivity index (χ2v) is 4.82. The molecular formula is C13H20N2O2. The molecule has 0 aromatic carbocycles. The van der Waals surface area contributed by atoms with Gasteiger partial charge in [-0.05, 0) is 31.4 Å². The van der Waals surface area contributed by atoms with Gasteiger partial charge in [-0.2, -0.15) is 0 Å². The van der Waals surface area contributed by atoms with Crippen LogP contribution in [0.5, 0.6) is 0 Å². The number of nitrogens with zero attached hydrogens (tertiary/aromatic N) is 1. The largest absolute Gasteiger partial charge is 0.472 e. The van der Waals surface area contributed by atoms with Gasteiger partial charge in [-0.3, -0.25) is 4.79 Å². The van der Waals surface area contributed by atoms with Gasteiger partial charge in [0.25, 0.3) is 5.91 Å². The Balaban J connectivity index is 1.67. The van der Waals surface area contributed by atoms with Gasteiger partial charge in [0, 0.05) is 19.6 Å². The predicted octanol–water partition coefficient (Wildman–Crippen LogP) is 1.74. The zero-order valence-electron chi connectivity index (χ0n) is 10.3. The van der Waals surface area contributed by atoms with Crippen molar-refractivity contribution in [1.82, 2.24) is 10.2 Å². The summed E-state index contributed by atoms with van der Waals surface area (Å²) in [5.41, 5.74) is 0.594. The summed E-state index contributed by atoms with van der Waals surface area (Å²) in [5, 5.41) is 2.91. The standard InChI is InChI=1S/C13H20N2O2/c1-11-3-2-6-15(9-11)7-5-14-13(16)12-4-8-17-10-12/h4,8,10-11H,2-3,5-7,9H2,1H3,(H,14,16)/t11-/m1/s1. The number of hydrogen-bond donors (Lipinski definition) is 1. The maximum Gasteiger partial charge on any atom is 0.254 e. The third-order valence-corrected chi connectivity index (χ3v) is 3.24. The third kappa shape index (κ3) is 3.60. The highest BCUT2D eigenvalue weighted by Gasteiger charge is 2.15. The molecule has 0 saturated carbocycles. The number of likely N-dealkylation sites (tertiary alicyclic amines) is 1. The molecule has 1 amide bonds. The number of carbonyl (C=O) groups excluding carboxylic acids is 1. The molecule has 94 valence electrons. The van der Waals surface area contributed by atoms with Crippen molar-refractivity contribution in [3.05, 3.63) is 24.2 Å². The van der Waals surface area contributed by atoms with Crippen LogP contribution in [0.1, 0.15) is 30.1 Å². The van der Waals surface area contributed by atoms with E-state index in [0.717, 1.165) is 25.6 Å². The molecule has 1 fully saturated rings. The Labute approximate surface area is 102 Å². The van der Waals surface area contributed by atoms with Crippen molar-refractivity contribution >= 4 is 5.91 Å². The molecule has 4 heteroatoms. The number of rotatable bonds is 4. The van der Waals surface area contributed by atoms with Gasteiger partial charge >= 0.3 is 0 Å². The normalized spacial score (nSPS) is 21.4. The number of nitrogens with one attached hydrogen (secondary N) is 1. The maximum absolute atomic E-state index is 11.6. The van der Waals surface area contributed by atoms with E-state index in [9.17, 15) is 4.79 Å². The van der Waals surface area contributed by atoms with E-state index in [0.29, 0.717) is 12.1 Å². The summed E-state index contributed by atoms with van der Waals surface area (Å²) in [5.74, 6) is 0.733. The van der Waals surface area contributed by atoms with Crippen LogP contribution < -0.4 is 5.32 Å². The molecule has 0 spiro atoms. The first-order chi connectivity index (χ1) is 8.25. The van der Waals surface area contributed by atoms with Gasteiger partial charge in [-0.15, -0.1) is 0 Å². The SMILES string of the molecule is C[C@@H]1CCCN(CCNC(=O)c2ccoc2)C1. The first-order valence-corrected chi connectivity index (χ1v) is 6.28.